The van der Waals surface area contributed by atoms with Gasteiger partial charge in [-0.05, 0) is 24.5 Å². The molecule has 2 rings (SSSR count). The van der Waals surface area contributed by atoms with Crippen LogP contribution >= 0.6 is 0 Å². The molecule has 1 aliphatic rings. The third-order valence-corrected chi connectivity index (χ3v) is 2.64. The molecule has 2 nitrogen and oxygen atoms in total. The summed E-state index contributed by atoms with van der Waals surface area (Å²) in [4.78, 5) is 0. The fourth-order valence-electron chi connectivity index (χ4n) is 1.73. The highest BCUT2D eigenvalue weighted by molar-refractivity contribution is 5.46. The summed E-state index contributed by atoms with van der Waals surface area (Å²) in [5.41, 5.74) is 7.92. The Balaban J connectivity index is 1.88. The Morgan fingerprint density at radius 1 is 1.21 bits per heavy atom. The molecule has 0 heterocycles. The minimum absolute atomic E-state index is 0.606. The van der Waals surface area contributed by atoms with Gasteiger partial charge in [0.25, 0.3) is 0 Å². The van der Waals surface area contributed by atoms with Crippen molar-refractivity contribution >= 4 is 5.69 Å². The quantitative estimate of drug-likeness (QED) is 0.563. The zero-order chi connectivity index (χ0) is 9.80. The highest BCUT2D eigenvalue weighted by atomic mass is 14.9. The van der Waals surface area contributed by atoms with Gasteiger partial charge < -0.3 is 11.1 Å². The van der Waals surface area contributed by atoms with Gasteiger partial charge in [0.2, 0.25) is 0 Å². The van der Waals surface area contributed by atoms with Gasteiger partial charge >= 0.3 is 0 Å². The van der Waals surface area contributed by atoms with Crippen molar-refractivity contribution < 1.29 is 0 Å². The van der Waals surface area contributed by atoms with Crippen molar-refractivity contribution in [2.45, 2.75) is 25.4 Å². The molecule has 0 aliphatic heterocycles. The Labute approximate surface area is 84.8 Å². The molecule has 0 bridgehead atoms. The molecule has 1 aromatic carbocycles. The lowest BCUT2D eigenvalue weighted by atomic mass is 10.1. The summed E-state index contributed by atoms with van der Waals surface area (Å²) in [5, 5.41) is 3.50. The van der Waals surface area contributed by atoms with Gasteiger partial charge in [0.15, 0.2) is 0 Å². The van der Waals surface area contributed by atoms with Gasteiger partial charge in [-0.1, -0.05) is 30.4 Å². The molecule has 0 spiro atoms. The minimum atomic E-state index is 0.606. The summed E-state index contributed by atoms with van der Waals surface area (Å²) in [5.74, 6) is 0. The van der Waals surface area contributed by atoms with Crippen LogP contribution < -0.4 is 11.1 Å². The van der Waals surface area contributed by atoms with Crippen molar-refractivity contribution in [1.29, 1.82) is 0 Å². The van der Waals surface area contributed by atoms with Crippen LogP contribution in [0.4, 0.5) is 5.69 Å². The maximum absolute atomic E-state index is 5.85. The second-order valence-corrected chi connectivity index (χ2v) is 3.72. The second kappa shape index (κ2) is 4.29. The monoisotopic (exact) mass is 188 g/mol. The summed E-state index contributed by atoms with van der Waals surface area (Å²) in [6.07, 6.45) is 6.75. The standard InChI is InChI=1S/C12H16N2/c13-12-8-4-1-5-10(12)9-14-11-6-2-3-7-11/h1-5,8,11,14H,6-7,9,13H2. The number of rotatable bonds is 3. The molecule has 1 aliphatic carbocycles. The largest absolute Gasteiger partial charge is 0.398 e. The summed E-state index contributed by atoms with van der Waals surface area (Å²) in [6.45, 7) is 0.874. The maximum Gasteiger partial charge on any atom is 0.0359 e. The molecule has 0 fully saturated rings. The van der Waals surface area contributed by atoms with E-state index in [9.17, 15) is 0 Å². The predicted molar refractivity (Wildman–Crippen MR) is 59.9 cm³/mol. The number of nitrogen functional groups attached to an aromatic ring is 1. The molecule has 74 valence electrons. The zero-order valence-electron chi connectivity index (χ0n) is 8.24. The van der Waals surface area contributed by atoms with Crippen LogP contribution in [0.5, 0.6) is 0 Å². The van der Waals surface area contributed by atoms with E-state index in [1.807, 2.05) is 18.2 Å². The Kier molecular flexibility index (Phi) is 2.84. The SMILES string of the molecule is Nc1ccccc1CNC1CC=CC1. The number of para-hydroxylation sites is 1. The number of hydrogen-bond donors (Lipinski definition) is 2. The van der Waals surface area contributed by atoms with E-state index >= 15 is 0 Å². The molecule has 2 heteroatoms. The van der Waals surface area contributed by atoms with Crippen LogP contribution in [-0.4, -0.2) is 6.04 Å². The molecule has 0 aromatic heterocycles. The fourth-order valence-corrected chi connectivity index (χ4v) is 1.73. The lowest BCUT2D eigenvalue weighted by Gasteiger charge is -2.12. The van der Waals surface area contributed by atoms with Crippen molar-refractivity contribution in [3.63, 3.8) is 0 Å². The van der Waals surface area contributed by atoms with Crippen LogP contribution in [-0.2, 0) is 6.54 Å². The Hall–Kier alpha value is -1.28. The third kappa shape index (κ3) is 2.15. The molecule has 0 amide bonds. The normalized spacial score (nSPS) is 16.3. The topological polar surface area (TPSA) is 38.0 Å². The highest BCUT2D eigenvalue weighted by Crippen LogP contribution is 2.13. The first-order chi connectivity index (χ1) is 6.86. The van der Waals surface area contributed by atoms with E-state index in [0.29, 0.717) is 6.04 Å². The van der Waals surface area contributed by atoms with Crippen molar-refractivity contribution in [2.75, 3.05) is 5.73 Å². The molecule has 0 saturated heterocycles. The lowest BCUT2D eigenvalue weighted by Crippen LogP contribution is -2.25. The third-order valence-electron chi connectivity index (χ3n) is 2.64. The second-order valence-electron chi connectivity index (χ2n) is 3.72. The molecule has 1 aromatic rings. The van der Waals surface area contributed by atoms with Crippen LogP contribution in [0.25, 0.3) is 0 Å². The average molecular weight is 188 g/mol. The first kappa shape index (κ1) is 9.28. The molecular weight excluding hydrogens is 172 g/mol. The number of anilines is 1. The van der Waals surface area contributed by atoms with E-state index in [0.717, 1.165) is 25.1 Å². The van der Waals surface area contributed by atoms with Crippen LogP contribution in [0.15, 0.2) is 36.4 Å². The molecule has 0 atom stereocenters. The van der Waals surface area contributed by atoms with Crippen molar-refractivity contribution in [2.24, 2.45) is 0 Å². The minimum Gasteiger partial charge on any atom is -0.398 e. The van der Waals surface area contributed by atoms with E-state index in [1.54, 1.807) is 0 Å². The maximum atomic E-state index is 5.85. The van der Waals surface area contributed by atoms with Crippen LogP contribution in [0.3, 0.4) is 0 Å². The van der Waals surface area contributed by atoms with E-state index in [-0.39, 0.29) is 0 Å². The van der Waals surface area contributed by atoms with Crippen molar-refractivity contribution in [1.82, 2.24) is 5.32 Å². The van der Waals surface area contributed by atoms with E-state index in [2.05, 4.69) is 23.5 Å². The number of hydrogen-bond acceptors (Lipinski definition) is 2. The molecule has 0 unspecified atom stereocenters. The van der Waals surface area contributed by atoms with Crippen LogP contribution in [0.1, 0.15) is 18.4 Å². The van der Waals surface area contributed by atoms with Gasteiger partial charge in [-0.2, -0.15) is 0 Å². The fraction of sp³-hybridized carbons (Fsp3) is 0.333. The van der Waals surface area contributed by atoms with Gasteiger partial charge in [-0.3, -0.25) is 0 Å². The van der Waals surface area contributed by atoms with Gasteiger partial charge in [0, 0.05) is 18.3 Å². The summed E-state index contributed by atoms with van der Waals surface area (Å²) in [7, 11) is 0. The summed E-state index contributed by atoms with van der Waals surface area (Å²) in [6, 6.07) is 8.62. The van der Waals surface area contributed by atoms with Gasteiger partial charge in [-0.25, -0.2) is 0 Å². The van der Waals surface area contributed by atoms with Crippen LogP contribution in [0, 0.1) is 0 Å². The molecule has 0 radical (unpaired) electrons. The molecule has 14 heavy (non-hydrogen) atoms. The van der Waals surface area contributed by atoms with Crippen molar-refractivity contribution in [3.05, 3.63) is 42.0 Å². The molecule has 3 N–H and O–H groups in total. The Bertz CT molecular complexity index is 323. The summed E-state index contributed by atoms with van der Waals surface area (Å²) >= 11 is 0. The number of nitrogens with one attached hydrogen (secondary N) is 1. The lowest BCUT2D eigenvalue weighted by molar-refractivity contribution is 0.539. The first-order valence-electron chi connectivity index (χ1n) is 5.08. The highest BCUT2D eigenvalue weighted by Gasteiger charge is 2.09. The van der Waals surface area contributed by atoms with Crippen LogP contribution in [0.2, 0.25) is 0 Å². The first-order valence-corrected chi connectivity index (χ1v) is 5.08. The van der Waals surface area contributed by atoms with Gasteiger partial charge in [0.1, 0.15) is 0 Å². The smallest absolute Gasteiger partial charge is 0.0359 e. The zero-order valence-corrected chi connectivity index (χ0v) is 8.24. The van der Waals surface area contributed by atoms with E-state index < -0.39 is 0 Å². The Morgan fingerprint density at radius 2 is 1.93 bits per heavy atom. The van der Waals surface area contributed by atoms with Gasteiger partial charge in [0.05, 0.1) is 0 Å². The van der Waals surface area contributed by atoms with Crippen molar-refractivity contribution in [3.8, 4) is 0 Å². The predicted octanol–water partition coefficient (Wildman–Crippen LogP) is 2.08. The average Bonchev–Trinajstić information content (AvgIpc) is 2.69. The molecular formula is C12H16N2. The Morgan fingerprint density at radius 3 is 2.64 bits per heavy atom. The van der Waals surface area contributed by atoms with E-state index in [4.69, 9.17) is 5.73 Å². The van der Waals surface area contributed by atoms with Gasteiger partial charge in [-0.15, -0.1) is 0 Å². The number of nitrogens with two attached hydrogens (primary N) is 1. The summed E-state index contributed by atoms with van der Waals surface area (Å²) < 4.78 is 0. The van der Waals surface area contributed by atoms with E-state index in [1.165, 1.54) is 5.56 Å². The molecule has 0 saturated carbocycles. The number of benzene rings is 1.